The third-order valence-electron chi connectivity index (χ3n) is 1.59. The summed E-state index contributed by atoms with van der Waals surface area (Å²) in [6.45, 7) is 0. The van der Waals surface area contributed by atoms with Crippen molar-refractivity contribution in [2.45, 2.75) is 0 Å². The van der Waals surface area contributed by atoms with Crippen LogP contribution in [-0.4, -0.2) is 9.97 Å². The van der Waals surface area contributed by atoms with Crippen LogP contribution in [0.2, 0.25) is 0 Å². The van der Waals surface area contributed by atoms with Crippen LogP contribution in [0.15, 0.2) is 48.8 Å². The van der Waals surface area contributed by atoms with Gasteiger partial charge in [-0.05, 0) is 24.3 Å². The largest absolute Gasteiger partial charge is 2.00 e. The van der Waals surface area contributed by atoms with Crippen LogP contribution in [0, 0.1) is 21.3 Å². The molecule has 0 atom stereocenters. The Hall–Kier alpha value is -1.76. The molecule has 2 aromatic heterocycles. The van der Waals surface area contributed by atoms with Crippen molar-refractivity contribution < 1.29 is 17.1 Å². The minimum Gasteiger partial charge on any atom is -0.696 e. The smallest absolute Gasteiger partial charge is 0.696 e. The topological polar surface area (TPSA) is 73.4 Å². The number of nitriles is 2. The molecule has 7 heteroatoms. The second kappa shape index (κ2) is 14.3. The van der Waals surface area contributed by atoms with E-state index in [1.54, 1.807) is 12.4 Å². The number of hydrogen-bond acceptors (Lipinski definition) is 6. The Morgan fingerprint density at radius 1 is 0.789 bits per heavy atom. The van der Waals surface area contributed by atoms with Crippen molar-refractivity contribution in [3.8, 4) is 22.2 Å². The minimum atomic E-state index is 0. The van der Waals surface area contributed by atoms with Crippen LogP contribution < -0.4 is 0 Å². The number of pyridine rings is 2. The summed E-state index contributed by atoms with van der Waals surface area (Å²) in [6.07, 6.45) is 3.54. The molecule has 0 bridgehead atoms. The number of thiocyanates is 2. The van der Waals surface area contributed by atoms with Crippen LogP contribution in [0.1, 0.15) is 0 Å². The molecule has 0 aliphatic rings. The molecule has 4 nitrogen and oxygen atoms in total. The summed E-state index contributed by atoms with van der Waals surface area (Å²) in [6, 6.07) is 11.6. The van der Waals surface area contributed by atoms with Gasteiger partial charge in [-0.1, -0.05) is 22.9 Å². The molecule has 0 spiro atoms. The predicted molar refractivity (Wildman–Crippen MR) is 73.4 cm³/mol. The Morgan fingerprint density at radius 3 is 1.32 bits per heavy atom. The van der Waals surface area contributed by atoms with Crippen LogP contribution in [0.4, 0.5) is 0 Å². The van der Waals surface area contributed by atoms with E-state index in [9.17, 15) is 0 Å². The maximum absolute atomic E-state index is 7.13. The first kappa shape index (κ1) is 19.6. The number of aromatic nitrogens is 2. The molecule has 0 amide bonds. The first-order valence-corrected chi connectivity index (χ1v) is 5.46. The van der Waals surface area contributed by atoms with Crippen molar-refractivity contribution in [3.63, 3.8) is 0 Å². The third kappa shape index (κ3) is 9.90. The molecular weight excluding hydrogens is 328 g/mol. The van der Waals surface area contributed by atoms with Crippen molar-refractivity contribution in [1.82, 2.24) is 9.97 Å². The van der Waals surface area contributed by atoms with Gasteiger partial charge < -0.3 is 25.3 Å². The van der Waals surface area contributed by atoms with Gasteiger partial charge in [0.2, 0.25) is 0 Å². The van der Waals surface area contributed by atoms with Crippen LogP contribution in [0.5, 0.6) is 0 Å². The van der Waals surface area contributed by atoms with E-state index in [1.807, 2.05) is 36.4 Å². The molecule has 1 radical (unpaired) electrons. The zero-order chi connectivity index (χ0) is 13.6. The summed E-state index contributed by atoms with van der Waals surface area (Å²) in [4.78, 5) is 8.37. The van der Waals surface area contributed by atoms with Gasteiger partial charge in [0.05, 0.1) is 11.4 Å². The number of rotatable bonds is 1. The second-order valence-corrected chi connectivity index (χ2v) is 2.98. The molecule has 2 aromatic rings. The van der Waals surface area contributed by atoms with Crippen molar-refractivity contribution in [2.24, 2.45) is 0 Å². The van der Waals surface area contributed by atoms with Gasteiger partial charge >= 0.3 is 17.1 Å². The van der Waals surface area contributed by atoms with Gasteiger partial charge in [-0.25, -0.2) is 10.5 Å². The summed E-state index contributed by atoms with van der Waals surface area (Å²) in [5, 5.41) is 16.9. The molecule has 2 rings (SSSR count). The van der Waals surface area contributed by atoms with E-state index in [0.29, 0.717) is 0 Å². The molecule has 0 N–H and O–H groups in total. The van der Waals surface area contributed by atoms with Crippen molar-refractivity contribution in [2.75, 3.05) is 0 Å². The number of nitrogens with zero attached hydrogens (tertiary/aromatic N) is 4. The fourth-order valence-electron chi connectivity index (χ4n) is 1.03. The van der Waals surface area contributed by atoms with Gasteiger partial charge in [0.15, 0.2) is 0 Å². The molecular formula is C12H8CuN4S2. The van der Waals surface area contributed by atoms with Gasteiger partial charge in [0.1, 0.15) is 0 Å². The maximum Gasteiger partial charge on any atom is 2.00 e. The Morgan fingerprint density at radius 2 is 1.11 bits per heavy atom. The first-order chi connectivity index (χ1) is 8.79. The Balaban J connectivity index is 0. The van der Waals surface area contributed by atoms with E-state index < -0.39 is 0 Å². The molecule has 0 saturated carbocycles. The Bertz CT molecular complexity index is 459. The van der Waals surface area contributed by atoms with Crippen LogP contribution in [-0.2, 0) is 42.3 Å². The SMILES string of the molecule is N#C[S-].N#C[S-].[Cu+2].c1ccc(-c2ccccn2)nc1. The van der Waals surface area contributed by atoms with E-state index in [-0.39, 0.29) is 17.1 Å². The van der Waals surface area contributed by atoms with Gasteiger partial charge in [-0.3, -0.25) is 9.97 Å². The quantitative estimate of drug-likeness (QED) is 0.452. The van der Waals surface area contributed by atoms with Crippen LogP contribution in [0.3, 0.4) is 0 Å². The molecule has 0 unspecified atom stereocenters. The number of hydrogen-bond donors (Lipinski definition) is 0. The van der Waals surface area contributed by atoms with Crippen molar-refractivity contribution in [1.29, 1.82) is 10.5 Å². The normalized spacial score (nSPS) is 6.84. The van der Waals surface area contributed by atoms with E-state index in [0.717, 1.165) is 11.4 Å². The molecule has 19 heavy (non-hydrogen) atoms. The molecule has 0 aliphatic heterocycles. The fraction of sp³-hybridized carbons (Fsp3) is 0. The Labute approximate surface area is 133 Å². The van der Waals surface area contributed by atoms with Crippen molar-refractivity contribution >= 4 is 25.3 Å². The van der Waals surface area contributed by atoms with Gasteiger partial charge in [-0.2, -0.15) is 0 Å². The van der Waals surface area contributed by atoms with E-state index in [2.05, 4.69) is 35.2 Å². The average molecular weight is 336 g/mol. The summed E-state index contributed by atoms with van der Waals surface area (Å²) in [5.74, 6) is 0. The average Bonchev–Trinajstić information content (AvgIpc) is 2.43. The molecule has 0 fully saturated rings. The molecule has 0 saturated heterocycles. The minimum absolute atomic E-state index is 0. The van der Waals surface area contributed by atoms with Crippen LogP contribution in [0.25, 0.3) is 11.4 Å². The predicted octanol–water partition coefficient (Wildman–Crippen LogP) is 2.17. The van der Waals surface area contributed by atoms with E-state index in [1.165, 1.54) is 10.8 Å². The second-order valence-electron chi connectivity index (χ2n) is 2.61. The van der Waals surface area contributed by atoms with E-state index in [4.69, 9.17) is 10.5 Å². The molecule has 0 aromatic carbocycles. The first-order valence-electron chi connectivity index (χ1n) is 4.65. The fourth-order valence-corrected chi connectivity index (χ4v) is 1.03. The van der Waals surface area contributed by atoms with Gasteiger partial charge in [0, 0.05) is 12.4 Å². The zero-order valence-electron chi connectivity index (χ0n) is 9.53. The maximum atomic E-state index is 7.13. The summed E-state index contributed by atoms with van der Waals surface area (Å²) < 4.78 is 0. The standard InChI is InChI=1S/C10H8N2.2CHNS.Cu/c1-3-7-11-9(5-1)10-6-2-4-8-12-10;2*2-1-3;/h1-8H;2*3H;/q;;;+2/p-2. The Kier molecular flexibility index (Phi) is 14.7. The third-order valence-corrected chi connectivity index (χ3v) is 1.59. The van der Waals surface area contributed by atoms with Gasteiger partial charge in [-0.15, -0.1) is 0 Å². The van der Waals surface area contributed by atoms with Crippen LogP contribution >= 0.6 is 0 Å². The molecule has 0 aliphatic carbocycles. The summed E-state index contributed by atoms with van der Waals surface area (Å²) in [7, 11) is 0. The molecule has 2 heterocycles. The van der Waals surface area contributed by atoms with E-state index >= 15 is 0 Å². The monoisotopic (exact) mass is 335 g/mol. The summed E-state index contributed by atoms with van der Waals surface area (Å²) in [5.41, 5.74) is 1.83. The molecule has 99 valence electrons. The summed E-state index contributed by atoms with van der Waals surface area (Å²) >= 11 is 7.40. The van der Waals surface area contributed by atoms with Gasteiger partial charge in [0.25, 0.3) is 0 Å². The zero-order valence-corrected chi connectivity index (χ0v) is 12.1. The van der Waals surface area contributed by atoms with Crippen molar-refractivity contribution in [3.05, 3.63) is 48.8 Å².